The molecule has 0 atom stereocenters. The molecule has 4 heteroatoms. The van der Waals surface area contributed by atoms with Crippen LogP contribution in [-0.2, 0) is 17.6 Å². The van der Waals surface area contributed by atoms with E-state index >= 15 is 0 Å². The zero-order valence-electron chi connectivity index (χ0n) is 11.6. The maximum absolute atomic E-state index is 11.8. The van der Waals surface area contributed by atoms with E-state index in [1.165, 1.54) is 5.56 Å². The molecule has 0 unspecified atom stereocenters. The number of nitrogens with one attached hydrogen (secondary N) is 1. The molecule has 0 spiro atoms. The van der Waals surface area contributed by atoms with Crippen LogP contribution in [0.2, 0.25) is 0 Å². The third kappa shape index (κ3) is 4.70. The van der Waals surface area contributed by atoms with E-state index in [0.717, 1.165) is 17.7 Å². The highest BCUT2D eigenvalue weighted by atomic mass is 32.1. The number of rotatable bonds is 7. The van der Waals surface area contributed by atoms with Crippen LogP contribution in [0.15, 0.2) is 41.1 Å². The Hall–Kier alpha value is -1.81. The van der Waals surface area contributed by atoms with E-state index in [9.17, 15) is 4.79 Å². The molecule has 0 aliphatic carbocycles. The molecular formula is C16H19NO2S. The van der Waals surface area contributed by atoms with Gasteiger partial charge < -0.3 is 10.1 Å². The van der Waals surface area contributed by atoms with Crippen LogP contribution < -0.4 is 10.1 Å². The quantitative estimate of drug-likeness (QED) is 0.851. The van der Waals surface area contributed by atoms with Crippen LogP contribution in [0.4, 0.5) is 0 Å². The summed E-state index contributed by atoms with van der Waals surface area (Å²) in [6, 6.07) is 9.76. The number of carbonyl (C=O) groups is 1. The normalized spacial score (nSPS) is 10.2. The van der Waals surface area contributed by atoms with Crippen molar-refractivity contribution in [2.24, 2.45) is 0 Å². The number of amides is 1. The molecule has 1 N–H and O–H groups in total. The molecule has 0 saturated carbocycles. The summed E-state index contributed by atoms with van der Waals surface area (Å²) in [5, 5.41) is 7.11. The van der Waals surface area contributed by atoms with E-state index < -0.39 is 0 Å². The molecule has 1 heterocycles. The minimum atomic E-state index is 0.0596. The van der Waals surface area contributed by atoms with Crippen LogP contribution in [0.5, 0.6) is 5.75 Å². The standard InChI is InChI=1S/C16H19NO2S/c1-2-19-15-5-3-13(4-6-15)11-16(18)17-9-7-14-8-10-20-12-14/h3-6,8,10,12H,2,7,9,11H2,1H3,(H,17,18). The predicted molar refractivity (Wildman–Crippen MR) is 82.3 cm³/mol. The molecule has 0 aliphatic rings. The van der Waals surface area contributed by atoms with Crippen LogP contribution in [-0.4, -0.2) is 19.1 Å². The summed E-state index contributed by atoms with van der Waals surface area (Å²) in [6.45, 7) is 3.30. The average molecular weight is 289 g/mol. The van der Waals surface area contributed by atoms with Gasteiger partial charge in [-0.2, -0.15) is 11.3 Å². The first-order chi connectivity index (χ1) is 9.78. The second-order valence-electron chi connectivity index (χ2n) is 4.49. The van der Waals surface area contributed by atoms with Gasteiger partial charge in [0.25, 0.3) is 0 Å². The molecule has 1 amide bonds. The summed E-state index contributed by atoms with van der Waals surface area (Å²) in [5.41, 5.74) is 2.28. The highest BCUT2D eigenvalue weighted by Crippen LogP contribution is 2.12. The Kier molecular flexibility index (Phi) is 5.62. The highest BCUT2D eigenvalue weighted by molar-refractivity contribution is 7.07. The Morgan fingerprint density at radius 3 is 2.65 bits per heavy atom. The van der Waals surface area contributed by atoms with Crippen molar-refractivity contribution in [3.8, 4) is 5.75 Å². The Morgan fingerprint density at radius 2 is 2.00 bits per heavy atom. The minimum Gasteiger partial charge on any atom is -0.494 e. The third-order valence-electron chi connectivity index (χ3n) is 2.91. The molecular weight excluding hydrogens is 270 g/mol. The predicted octanol–water partition coefficient (Wildman–Crippen LogP) is 3.05. The first-order valence-corrected chi connectivity index (χ1v) is 7.71. The maximum Gasteiger partial charge on any atom is 0.224 e. The SMILES string of the molecule is CCOc1ccc(CC(=O)NCCc2ccsc2)cc1. The van der Waals surface area contributed by atoms with Crippen molar-refractivity contribution in [1.82, 2.24) is 5.32 Å². The van der Waals surface area contributed by atoms with Gasteiger partial charge >= 0.3 is 0 Å². The average Bonchev–Trinajstić information content (AvgIpc) is 2.94. The Labute approximate surface area is 123 Å². The summed E-state index contributed by atoms with van der Waals surface area (Å²) < 4.78 is 5.37. The van der Waals surface area contributed by atoms with Crippen LogP contribution in [0.1, 0.15) is 18.1 Å². The molecule has 1 aromatic heterocycles. The molecule has 2 aromatic rings. The second-order valence-corrected chi connectivity index (χ2v) is 5.27. The van der Waals surface area contributed by atoms with E-state index in [1.54, 1.807) is 11.3 Å². The maximum atomic E-state index is 11.8. The van der Waals surface area contributed by atoms with E-state index in [2.05, 4.69) is 22.1 Å². The number of thiophene rings is 1. The highest BCUT2D eigenvalue weighted by Gasteiger charge is 2.03. The van der Waals surface area contributed by atoms with Crippen molar-refractivity contribution in [2.75, 3.05) is 13.2 Å². The molecule has 20 heavy (non-hydrogen) atoms. The van der Waals surface area contributed by atoms with Crippen molar-refractivity contribution >= 4 is 17.2 Å². The number of hydrogen-bond donors (Lipinski definition) is 1. The molecule has 0 aliphatic heterocycles. The lowest BCUT2D eigenvalue weighted by Crippen LogP contribution is -2.27. The summed E-state index contributed by atoms with van der Waals surface area (Å²) in [5.74, 6) is 0.901. The van der Waals surface area contributed by atoms with Gasteiger partial charge in [-0.3, -0.25) is 4.79 Å². The van der Waals surface area contributed by atoms with Gasteiger partial charge in [-0.15, -0.1) is 0 Å². The summed E-state index contributed by atoms with van der Waals surface area (Å²) in [6.07, 6.45) is 1.30. The van der Waals surface area contributed by atoms with E-state index in [4.69, 9.17) is 4.74 Å². The van der Waals surface area contributed by atoms with Crippen LogP contribution in [0.25, 0.3) is 0 Å². The number of hydrogen-bond acceptors (Lipinski definition) is 3. The zero-order chi connectivity index (χ0) is 14.2. The lowest BCUT2D eigenvalue weighted by atomic mass is 10.1. The smallest absolute Gasteiger partial charge is 0.224 e. The van der Waals surface area contributed by atoms with Crippen LogP contribution in [0, 0.1) is 0 Å². The Bertz CT molecular complexity index is 520. The van der Waals surface area contributed by atoms with Gasteiger partial charge in [0.1, 0.15) is 5.75 Å². The van der Waals surface area contributed by atoms with Gasteiger partial charge in [0.05, 0.1) is 13.0 Å². The van der Waals surface area contributed by atoms with Gasteiger partial charge in [0.2, 0.25) is 5.91 Å². The molecule has 0 radical (unpaired) electrons. The van der Waals surface area contributed by atoms with Gasteiger partial charge in [-0.25, -0.2) is 0 Å². The van der Waals surface area contributed by atoms with E-state index in [-0.39, 0.29) is 5.91 Å². The van der Waals surface area contributed by atoms with Gasteiger partial charge in [-0.1, -0.05) is 12.1 Å². The lowest BCUT2D eigenvalue weighted by molar-refractivity contribution is -0.120. The fraction of sp³-hybridized carbons (Fsp3) is 0.312. The molecule has 106 valence electrons. The Balaban J connectivity index is 1.73. The lowest BCUT2D eigenvalue weighted by Gasteiger charge is -2.06. The van der Waals surface area contributed by atoms with Crippen molar-refractivity contribution < 1.29 is 9.53 Å². The summed E-state index contributed by atoms with van der Waals surface area (Å²) in [4.78, 5) is 11.8. The fourth-order valence-corrected chi connectivity index (χ4v) is 2.60. The second kappa shape index (κ2) is 7.70. The monoisotopic (exact) mass is 289 g/mol. The van der Waals surface area contributed by atoms with Crippen molar-refractivity contribution in [2.45, 2.75) is 19.8 Å². The topological polar surface area (TPSA) is 38.3 Å². The number of carbonyl (C=O) groups excluding carboxylic acids is 1. The number of ether oxygens (including phenoxy) is 1. The van der Waals surface area contributed by atoms with Crippen LogP contribution in [0.3, 0.4) is 0 Å². The largest absolute Gasteiger partial charge is 0.494 e. The Morgan fingerprint density at radius 1 is 1.20 bits per heavy atom. The van der Waals surface area contributed by atoms with E-state index in [0.29, 0.717) is 19.6 Å². The number of benzene rings is 1. The van der Waals surface area contributed by atoms with Crippen molar-refractivity contribution in [1.29, 1.82) is 0 Å². The summed E-state index contributed by atoms with van der Waals surface area (Å²) in [7, 11) is 0. The molecule has 3 nitrogen and oxygen atoms in total. The molecule has 2 rings (SSSR count). The first-order valence-electron chi connectivity index (χ1n) is 6.77. The summed E-state index contributed by atoms with van der Waals surface area (Å²) >= 11 is 1.68. The van der Waals surface area contributed by atoms with Gasteiger partial charge in [0, 0.05) is 6.54 Å². The van der Waals surface area contributed by atoms with Crippen molar-refractivity contribution in [3.63, 3.8) is 0 Å². The van der Waals surface area contributed by atoms with Gasteiger partial charge in [-0.05, 0) is 53.4 Å². The fourth-order valence-electron chi connectivity index (χ4n) is 1.90. The minimum absolute atomic E-state index is 0.0596. The van der Waals surface area contributed by atoms with E-state index in [1.807, 2.05) is 31.2 Å². The van der Waals surface area contributed by atoms with Gasteiger partial charge in [0.15, 0.2) is 0 Å². The van der Waals surface area contributed by atoms with Crippen LogP contribution >= 0.6 is 11.3 Å². The zero-order valence-corrected chi connectivity index (χ0v) is 12.4. The molecule has 1 aromatic carbocycles. The molecule has 0 bridgehead atoms. The molecule has 0 fully saturated rings. The van der Waals surface area contributed by atoms with Crippen molar-refractivity contribution in [3.05, 3.63) is 52.2 Å². The third-order valence-corrected chi connectivity index (χ3v) is 3.65. The molecule has 0 saturated heterocycles. The first kappa shape index (κ1) is 14.6.